The third-order valence-electron chi connectivity index (χ3n) is 3.20. The zero-order valence-electron chi connectivity index (χ0n) is 9.71. The molecule has 1 aliphatic carbocycles. The summed E-state index contributed by atoms with van der Waals surface area (Å²) >= 11 is 0. The summed E-state index contributed by atoms with van der Waals surface area (Å²) in [4.78, 5) is 10.4. The first kappa shape index (κ1) is 12.0. The summed E-state index contributed by atoms with van der Waals surface area (Å²) in [6.45, 7) is 0. The molecule has 1 aromatic heterocycles. The molecule has 0 saturated heterocycles. The lowest BCUT2D eigenvalue weighted by Crippen LogP contribution is -2.07. The van der Waals surface area contributed by atoms with Gasteiger partial charge in [0, 0.05) is 22.7 Å². The average molecular weight is 269 g/mol. The van der Waals surface area contributed by atoms with E-state index in [0.717, 1.165) is 24.6 Å². The van der Waals surface area contributed by atoms with Crippen molar-refractivity contribution >= 4 is 23.0 Å². The Labute approximate surface area is 106 Å². The highest BCUT2D eigenvalue weighted by Gasteiger charge is 2.36. The maximum Gasteiger partial charge on any atom is 0.418 e. The van der Waals surface area contributed by atoms with Crippen LogP contribution in [-0.4, -0.2) is 16.6 Å². The van der Waals surface area contributed by atoms with Gasteiger partial charge in [0.15, 0.2) is 0 Å². The number of benzene rings is 1. The van der Waals surface area contributed by atoms with E-state index in [1.54, 1.807) is 0 Å². The Hall–Kier alpha value is -2.05. The van der Waals surface area contributed by atoms with Gasteiger partial charge in [0.2, 0.25) is 6.41 Å². The molecular weight excluding hydrogens is 259 g/mol. The summed E-state index contributed by atoms with van der Waals surface area (Å²) in [6.07, 6.45) is -2.25. The fraction of sp³-hybridized carbons (Fsp3) is 0.333. The number of aromatic amines is 1. The number of rotatable bonds is 3. The molecule has 1 aliphatic rings. The second-order valence-corrected chi connectivity index (χ2v) is 4.59. The maximum absolute atomic E-state index is 13.0. The number of hydrogen-bond acceptors (Lipinski definition) is 2. The molecule has 0 bridgehead atoms. The van der Waals surface area contributed by atoms with Crippen molar-refractivity contribution in [2.75, 3.05) is 5.32 Å². The molecular formula is C12H10F3N3O. The van der Waals surface area contributed by atoms with E-state index in [-0.39, 0.29) is 17.1 Å². The molecule has 1 fully saturated rings. The van der Waals surface area contributed by atoms with Gasteiger partial charge in [0.1, 0.15) is 5.52 Å². The summed E-state index contributed by atoms with van der Waals surface area (Å²) < 4.78 is 39.0. The molecule has 0 atom stereocenters. The number of alkyl halides is 3. The minimum atomic E-state index is -4.51. The van der Waals surface area contributed by atoms with Crippen LogP contribution in [0.2, 0.25) is 0 Å². The monoisotopic (exact) mass is 269 g/mol. The summed E-state index contributed by atoms with van der Waals surface area (Å²) in [7, 11) is 0. The van der Waals surface area contributed by atoms with Gasteiger partial charge in [-0.1, -0.05) is 0 Å². The van der Waals surface area contributed by atoms with Crippen LogP contribution in [0.25, 0.3) is 10.9 Å². The lowest BCUT2D eigenvalue weighted by atomic mass is 10.1. The van der Waals surface area contributed by atoms with E-state index in [9.17, 15) is 18.0 Å². The molecule has 1 heterocycles. The number of H-pyrrole nitrogens is 1. The van der Waals surface area contributed by atoms with Crippen LogP contribution in [0.4, 0.5) is 18.9 Å². The minimum Gasteiger partial charge on any atom is -0.329 e. The van der Waals surface area contributed by atoms with E-state index in [2.05, 4.69) is 15.5 Å². The fourth-order valence-electron chi connectivity index (χ4n) is 2.19. The number of halogens is 3. The highest BCUT2D eigenvalue weighted by Crippen LogP contribution is 2.44. The number of amides is 1. The van der Waals surface area contributed by atoms with Gasteiger partial charge in [-0.3, -0.25) is 9.89 Å². The van der Waals surface area contributed by atoms with Crippen LogP contribution < -0.4 is 5.32 Å². The van der Waals surface area contributed by atoms with E-state index in [1.165, 1.54) is 6.07 Å². The molecule has 1 amide bonds. The molecule has 7 heteroatoms. The molecule has 2 aromatic rings. The molecule has 3 rings (SSSR count). The summed E-state index contributed by atoms with van der Waals surface area (Å²) in [5, 5.41) is 9.18. The standard InChI is InChI=1S/C12H10F3N3O/c13-12(14,15)9-4-7(16-5-19)3-8-10(6-1-2-6)17-18-11(8)9/h3-6H,1-2H2,(H,16,19)(H,17,18). The first-order valence-corrected chi connectivity index (χ1v) is 5.80. The Kier molecular flexibility index (Phi) is 2.51. The molecule has 100 valence electrons. The van der Waals surface area contributed by atoms with Crippen molar-refractivity contribution < 1.29 is 18.0 Å². The number of hydrogen-bond donors (Lipinski definition) is 2. The lowest BCUT2D eigenvalue weighted by molar-refractivity contribution is -0.136. The molecule has 0 radical (unpaired) electrons. The Morgan fingerprint density at radius 2 is 2.11 bits per heavy atom. The summed E-state index contributed by atoms with van der Waals surface area (Å²) in [5.41, 5.74) is -0.0866. The van der Waals surface area contributed by atoms with Gasteiger partial charge in [-0.25, -0.2) is 0 Å². The van der Waals surface area contributed by atoms with Crippen LogP contribution in [0.15, 0.2) is 12.1 Å². The molecule has 0 spiro atoms. The van der Waals surface area contributed by atoms with Gasteiger partial charge in [-0.05, 0) is 25.0 Å². The zero-order valence-corrected chi connectivity index (χ0v) is 9.71. The number of carbonyl (C=O) groups is 1. The second kappa shape index (κ2) is 3.97. The Morgan fingerprint density at radius 1 is 1.37 bits per heavy atom. The van der Waals surface area contributed by atoms with Crippen LogP contribution in [0.1, 0.15) is 30.0 Å². The quantitative estimate of drug-likeness (QED) is 0.841. The van der Waals surface area contributed by atoms with Crippen molar-refractivity contribution in [3.05, 3.63) is 23.4 Å². The van der Waals surface area contributed by atoms with E-state index in [4.69, 9.17) is 0 Å². The summed E-state index contributed by atoms with van der Waals surface area (Å²) in [6, 6.07) is 2.42. The van der Waals surface area contributed by atoms with Gasteiger partial charge in [-0.2, -0.15) is 18.3 Å². The molecule has 0 aliphatic heterocycles. The Bertz CT molecular complexity index is 643. The smallest absolute Gasteiger partial charge is 0.329 e. The number of fused-ring (bicyclic) bond motifs is 1. The van der Waals surface area contributed by atoms with Crippen LogP contribution in [0.5, 0.6) is 0 Å². The first-order chi connectivity index (χ1) is 9.00. The minimum absolute atomic E-state index is 0.0918. The molecule has 4 nitrogen and oxygen atoms in total. The van der Waals surface area contributed by atoms with Crippen molar-refractivity contribution in [2.24, 2.45) is 0 Å². The van der Waals surface area contributed by atoms with Crippen molar-refractivity contribution in [2.45, 2.75) is 24.9 Å². The van der Waals surface area contributed by atoms with E-state index in [1.807, 2.05) is 0 Å². The number of anilines is 1. The van der Waals surface area contributed by atoms with E-state index < -0.39 is 11.7 Å². The van der Waals surface area contributed by atoms with Crippen LogP contribution in [0.3, 0.4) is 0 Å². The fourth-order valence-corrected chi connectivity index (χ4v) is 2.19. The number of aromatic nitrogens is 2. The number of carbonyl (C=O) groups excluding carboxylic acids is 1. The van der Waals surface area contributed by atoms with Gasteiger partial charge in [-0.15, -0.1) is 0 Å². The lowest BCUT2D eigenvalue weighted by Gasteiger charge is -2.09. The third kappa shape index (κ3) is 2.05. The number of nitrogens with zero attached hydrogens (tertiary/aromatic N) is 1. The zero-order chi connectivity index (χ0) is 13.6. The topological polar surface area (TPSA) is 57.8 Å². The van der Waals surface area contributed by atoms with Crippen molar-refractivity contribution in [3.63, 3.8) is 0 Å². The van der Waals surface area contributed by atoms with Gasteiger partial charge < -0.3 is 5.32 Å². The molecule has 0 unspecified atom stereocenters. The largest absolute Gasteiger partial charge is 0.418 e. The second-order valence-electron chi connectivity index (χ2n) is 4.59. The third-order valence-corrected chi connectivity index (χ3v) is 3.20. The Morgan fingerprint density at radius 3 is 2.68 bits per heavy atom. The average Bonchev–Trinajstić information content (AvgIpc) is 3.08. The highest BCUT2D eigenvalue weighted by atomic mass is 19.4. The molecule has 19 heavy (non-hydrogen) atoms. The van der Waals surface area contributed by atoms with Gasteiger partial charge in [0.05, 0.1) is 5.56 Å². The maximum atomic E-state index is 13.0. The SMILES string of the molecule is O=CNc1cc(C(F)(F)F)c2n[nH]c(C3CC3)c2c1. The normalized spacial score (nSPS) is 15.7. The molecule has 2 N–H and O–H groups in total. The van der Waals surface area contributed by atoms with Crippen LogP contribution >= 0.6 is 0 Å². The molecule has 1 saturated carbocycles. The van der Waals surface area contributed by atoms with E-state index >= 15 is 0 Å². The van der Waals surface area contributed by atoms with E-state index in [0.29, 0.717) is 11.8 Å². The van der Waals surface area contributed by atoms with Crippen molar-refractivity contribution in [1.82, 2.24) is 10.2 Å². The van der Waals surface area contributed by atoms with Gasteiger partial charge in [0.25, 0.3) is 0 Å². The number of nitrogens with one attached hydrogen (secondary N) is 2. The highest BCUT2D eigenvalue weighted by molar-refractivity contribution is 5.90. The molecule has 1 aromatic carbocycles. The van der Waals surface area contributed by atoms with Crippen molar-refractivity contribution in [1.29, 1.82) is 0 Å². The van der Waals surface area contributed by atoms with Crippen molar-refractivity contribution in [3.8, 4) is 0 Å². The predicted octanol–water partition coefficient (Wildman–Crippen LogP) is 3.03. The summed E-state index contributed by atoms with van der Waals surface area (Å²) in [5.74, 6) is 0.248. The van der Waals surface area contributed by atoms with Gasteiger partial charge >= 0.3 is 6.18 Å². The Balaban J connectivity index is 2.25. The first-order valence-electron chi connectivity index (χ1n) is 5.80. The predicted molar refractivity (Wildman–Crippen MR) is 62.8 cm³/mol. The van der Waals surface area contributed by atoms with Crippen LogP contribution in [0, 0.1) is 0 Å². The van der Waals surface area contributed by atoms with Crippen LogP contribution in [-0.2, 0) is 11.0 Å².